The van der Waals surface area contributed by atoms with Gasteiger partial charge in [0.25, 0.3) is 0 Å². The number of ether oxygens (including phenoxy) is 1. The van der Waals surface area contributed by atoms with E-state index in [9.17, 15) is 4.79 Å². The minimum atomic E-state index is 0.0990. The van der Waals surface area contributed by atoms with Crippen LogP contribution in [0.3, 0.4) is 0 Å². The SMILES string of the molecule is CC(=O)c1sc(CCOc2ccc(C)cc2)nc1C(C)C. The fraction of sp³-hybridized carbons (Fsp3) is 0.412. The number of thiazole rings is 1. The number of Topliss-reactive ketones (excluding diaryl/α,β-unsaturated/α-hetero) is 1. The second kappa shape index (κ2) is 6.85. The average molecular weight is 303 g/mol. The van der Waals surface area contributed by atoms with Crippen molar-refractivity contribution in [3.8, 4) is 5.75 Å². The van der Waals surface area contributed by atoms with Gasteiger partial charge in [0.05, 0.1) is 22.2 Å². The molecule has 2 rings (SSSR count). The molecule has 0 atom stereocenters. The predicted octanol–water partition coefficient (Wildman–Crippen LogP) is 4.40. The van der Waals surface area contributed by atoms with E-state index >= 15 is 0 Å². The van der Waals surface area contributed by atoms with Crippen LogP contribution in [0.5, 0.6) is 5.75 Å². The first-order valence-electron chi connectivity index (χ1n) is 7.17. The molecule has 0 aliphatic carbocycles. The molecule has 0 saturated carbocycles. The molecule has 0 amide bonds. The van der Waals surface area contributed by atoms with Crippen LogP contribution in [-0.4, -0.2) is 17.4 Å². The van der Waals surface area contributed by atoms with E-state index < -0.39 is 0 Å². The zero-order chi connectivity index (χ0) is 15.4. The van der Waals surface area contributed by atoms with Gasteiger partial charge in [0.1, 0.15) is 5.75 Å². The number of benzene rings is 1. The zero-order valence-electron chi connectivity index (χ0n) is 13.0. The first-order valence-corrected chi connectivity index (χ1v) is 7.99. The van der Waals surface area contributed by atoms with Crippen LogP contribution in [0.1, 0.15) is 52.6 Å². The van der Waals surface area contributed by atoms with Gasteiger partial charge in [-0.2, -0.15) is 0 Å². The Bertz CT molecular complexity index is 614. The molecule has 1 aromatic heterocycles. The number of rotatable bonds is 6. The van der Waals surface area contributed by atoms with Gasteiger partial charge in [-0.15, -0.1) is 11.3 Å². The van der Waals surface area contributed by atoms with Gasteiger partial charge >= 0.3 is 0 Å². The molecule has 0 aliphatic rings. The number of aromatic nitrogens is 1. The molecule has 0 fully saturated rings. The number of aryl methyl sites for hydroxylation is 1. The summed E-state index contributed by atoms with van der Waals surface area (Å²) in [7, 11) is 0. The van der Waals surface area contributed by atoms with E-state index in [4.69, 9.17) is 4.74 Å². The van der Waals surface area contributed by atoms with Crippen molar-refractivity contribution < 1.29 is 9.53 Å². The molecule has 4 heteroatoms. The van der Waals surface area contributed by atoms with Crippen LogP contribution < -0.4 is 4.74 Å². The van der Waals surface area contributed by atoms with E-state index in [1.54, 1.807) is 6.92 Å². The first-order chi connectivity index (χ1) is 9.97. The minimum Gasteiger partial charge on any atom is -0.493 e. The van der Waals surface area contributed by atoms with Crippen LogP contribution in [0.25, 0.3) is 0 Å². The van der Waals surface area contributed by atoms with Crippen molar-refractivity contribution in [3.05, 3.63) is 45.4 Å². The summed E-state index contributed by atoms with van der Waals surface area (Å²) in [6.07, 6.45) is 0.728. The lowest BCUT2D eigenvalue weighted by molar-refractivity contribution is 0.102. The van der Waals surface area contributed by atoms with E-state index in [1.807, 2.05) is 24.3 Å². The molecule has 1 heterocycles. The Morgan fingerprint density at radius 1 is 1.29 bits per heavy atom. The van der Waals surface area contributed by atoms with Crippen molar-refractivity contribution in [1.29, 1.82) is 0 Å². The molecular weight excluding hydrogens is 282 g/mol. The van der Waals surface area contributed by atoms with Crippen molar-refractivity contribution in [2.45, 2.75) is 40.0 Å². The minimum absolute atomic E-state index is 0.0990. The fourth-order valence-corrected chi connectivity index (χ4v) is 3.11. The van der Waals surface area contributed by atoms with Crippen LogP contribution in [0.15, 0.2) is 24.3 Å². The number of ketones is 1. The number of carbonyl (C=O) groups is 1. The van der Waals surface area contributed by atoms with E-state index in [1.165, 1.54) is 16.9 Å². The molecule has 3 nitrogen and oxygen atoms in total. The topological polar surface area (TPSA) is 39.2 Å². The molecule has 0 spiro atoms. The summed E-state index contributed by atoms with van der Waals surface area (Å²) in [5, 5.41) is 0.969. The molecule has 0 aliphatic heterocycles. The second-order valence-electron chi connectivity index (χ2n) is 5.44. The van der Waals surface area contributed by atoms with Gasteiger partial charge in [-0.05, 0) is 25.0 Å². The number of carbonyl (C=O) groups excluding carboxylic acids is 1. The van der Waals surface area contributed by atoms with Crippen LogP contribution in [0.2, 0.25) is 0 Å². The number of nitrogens with zero attached hydrogens (tertiary/aromatic N) is 1. The van der Waals surface area contributed by atoms with Gasteiger partial charge in [-0.3, -0.25) is 4.79 Å². The van der Waals surface area contributed by atoms with E-state index in [0.29, 0.717) is 6.61 Å². The molecule has 0 N–H and O–H groups in total. The van der Waals surface area contributed by atoms with Crippen LogP contribution >= 0.6 is 11.3 Å². The number of hydrogen-bond acceptors (Lipinski definition) is 4. The lowest BCUT2D eigenvalue weighted by Gasteiger charge is -2.04. The molecule has 0 saturated heterocycles. The highest BCUT2D eigenvalue weighted by Gasteiger charge is 2.17. The van der Waals surface area contributed by atoms with E-state index in [2.05, 4.69) is 25.8 Å². The Kier molecular flexibility index (Phi) is 5.12. The zero-order valence-corrected chi connectivity index (χ0v) is 13.8. The molecule has 1 aromatic carbocycles. The molecule has 0 unspecified atom stereocenters. The number of hydrogen-bond donors (Lipinski definition) is 0. The Labute approximate surface area is 130 Å². The maximum atomic E-state index is 11.7. The largest absolute Gasteiger partial charge is 0.493 e. The van der Waals surface area contributed by atoms with Crippen LogP contribution in [0, 0.1) is 6.92 Å². The smallest absolute Gasteiger partial charge is 0.171 e. The molecule has 112 valence electrons. The van der Waals surface area contributed by atoms with Gasteiger partial charge in [-0.25, -0.2) is 4.98 Å². The van der Waals surface area contributed by atoms with Crippen molar-refractivity contribution in [2.24, 2.45) is 0 Å². The first kappa shape index (κ1) is 15.7. The summed E-state index contributed by atoms with van der Waals surface area (Å²) in [5.41, 5.74) is 2.13. The van der Waals surface area contributed by atoms with Crippen molar-refractivity contribution in [2.75, 3.05) is 6.61 Å². The highest BCUT2D eigenvalue weighted by molar-refractivity contribution is 7.13. The standard InChI is InChI=1S/C17H21NO2S/c1-11(2)16-17(13(4)19)21-15(18-16)9-10-20-14-7-5-12(3)6-8-14/h5-8,11H,9-10H2,1-4H3. The Morgan fingerprint density at radius 3 is 2.48 bits per heavy atom. The maximum absolute atomic E-state index is 11.7. The van der Waals surface area contributed by atoms with Gasteiger partial charge in [0.15, 0.2) is 5.78 Å². The third-order valence-corrected chi connectivity index (χ3v) is 4.40. The molecule has 0 radical (unpaired) electrons. The molecule has 2 aromatic rings. The second-order valence-corrected chi connectivity index (χ2v) is 6.53. The summed E-state index contributed by atoms with van der Waals surface area (Å²) in [5.74, 6) is 1.24. The summed E-state index contributed by atoms with van der Waals surface area (Å²) in [4.78, 5) is 17.0. The fourth-order valence-electron chi connectivity index (χ4n) is 2.02. The van der Waals surface area contributed by atoms with Gasteiger partial charge in [0.2, 0.25) is 0 Å². The van der Waals surface area contributed by atoms with Gasteiger partial charge in [-0.1, -0.05) is 31.5 Å². The van der Waals surface area contributed by atoms with Crippen LogP contribution in [-0.2, 0) is 6.42 Å². The third kappa shape index (κ3) is 4.14. The monoisotopic (exact) mass is 303 g/mol. The molecule has 0 bridgehead atoms. The Morgan fingerprint density at radius 2 is 1.95 bits per heavy atom. The highest BCUT2D eigenvalue weighted by atomic mass is 32.1. The summed E-state index contributed by atoms with van der Waals surface area (Å²) in [6, 6.07) is 8.00. The van der Waals surface area contributed by atoms with Crippen molar-refractivity contribution >= 4 is 17.1 Å². The van der Waals surface area contributed by atoms with Crippen molar-refractivity contribution in [1.82, 2.24) is 4.98 Å². The lowest BCUT2D eigenvalue weighted by atomic mass is 10.1. The molecular formula is C17H21NO2S. The van der Waals surface area contributed by atoms with E-state index in [0.717, 1.165) is 27.7 Å². The third-order valence-electron chi connectivity index (χ3n) is 3.17. The predicted molar refractivity (Wildman–Crippen MR) is 86.6 cm³/mol. The highest BCUT2D eigenvalue weighted by Crippen LogP contribution is 2.26. The molecule has 21 heavy (non-hydrogen) atoms. The van der Waals surface area contributed by atoms with Gasteiger partial charge in [0, 0.05) is 13.3 Å². The van der Waals surface area contributed by atoms with Gasteiger partial charge < -0.3 is 4.74 Å². The van der Waals surface area contributed by atoms with E-state index in [-0.39, 0.29) is 11.7 Å². The van der Waals surface area contributed by atoms with Crippen molar-refractivity contribution in [3.63, 3.8) is 0 Å². The summed E-state index contributed by atoms with van der Waals surface area (Å²) in [6.45, 7) is 8.36. The summed E-state index contributed by atoms with van der Waals surface area (Å²) < 4.78 is 5.72. The quantitative estimate of drug-likeness (QED) is 0.743. The maximum Gasteiger partial charge on any atom is 0.171 e. The lowest BCUT2D eigenvalue weighted by Crippen LogP contribution is -2.01. The Balaban J connectivity index is 1.98. The normalized spacial score (nSPS) is 10.9. The summed E-state index contributed by atoms with van der Waals surface area (Å²) >= 11 is 1.49. The average Bonchev–Trinajstić information content (AvgIpc) is 2.86. The van der Waals surface area contributed by atoms with Crippen LogP contribution in [0.4, 0.5) is 0 Å². The Hall–Kier alpha value is -1.68.